The van der Waals surface area contributed by atoms with Gasteiger partial charge in [-0.1, -0.05) is 6.92 Å². The molecule has 2 amide bonds. The number of fused-ring (bicyclic) bond motifs is 1. The molecule has 2 aromatic rings. The van der Waals surface area contributed by atoms with Gasteiger partial charge in [-0.25, -0.2) is 0 Å². The van der Waals surface area contributed by atoms with Crippen LogP contribution >= 0.6 is 11.3 Å². The Hall–Kier alpha value is -2.22. The van der Waals surface area contributed by atoms with E-state index < -0.39 is 0 Å². The SMILES string of the molecule is CCCN(CC1CC1)C(=O)[C@@H]1CCc2nnc(C3CCN(C(=O)c4ccsc4)CC3)n2C1. The standard InChI is InChI=1S/C24H33N5O2S/c1-2-10-28(14-17-3-4-17)23(30)19-5-6-21-25-26-22(29(21)15-19)18-7-11-27(12-8-18)24(31)20-9-13-32-16-20/h9,13,16-19H,2-8,10-12,14-15H2,1H3/t19-/m1/s1. The summed E-state index contributed by atoms with van der Waals surface area (Å²) in [5, 5.41) is 12.9. The number of carbonyl (C=O) groups excluding carboxylic acids is 2. The van der Waals surface area contributed by atoms with Crippen molar-refractivity contribution in [2.45, 2.75) is 64.3 Å². The third-order valence-electron chi connectivity index (χ3n) is 7.22. The van der Waals surface area contributed by atoms with E-state index >= 15 is 0 Å². The zero-order chi connectivity index (χ0) is 22.1. The normalized spacial score (nSPS) is 21.4. The molecule has 7 nitrogen and oxygen atoms in total. The number of nitrogens with zero attached hydrogens (tertiary/aromatic N) is 5. The molecule has 0 N–H and O–H groups in total. The molecule has 4 heterocycles. The van der Waals surface area contributed by atoms with Crippen molar-refractivity contribution < 1.29 is 9.59 Å². The summed E-state index contributed by atoms with van der Waals surface area (Å²) in [7, 11) is 0. The van der Waals surface area contributed by atoms with Crippen molar-refractivity contribution in [1.82, 2.24) is 24.6 Å². The first-order chi connectivity index (χ1) is 15.6. The molecule has 3 aliphatic rings. The van der Waals surface area contributed by atoms with Gasteiger partial charge in [-0.15, -0.1) is 10.2 Å². The van der Waals surface area contributed by atoms with E-state index in [1.165, 1.54) is 12.8 Å². The van der Waals surface area contributed by atoms with Gasteiger partial charge in [0, 0.05) is 50.4 Å². The third-order valence-corrected chi connectivity index (χ3v) is 7.90. The number of likely N-dealkylation sites (tertiary alicyclic amines) is 1. The first kappa shape index (κ1) is 21.6. The van der Waals surface area contributed by atoms with E-state index in [0.717, 1.165) is 81.4 Å². The largest absolute Gasteiger partial charge is 0.342 e. The molecule has 1 saturated carbocycles. The fourth-order valence-corrected chi connectivity index (χ4v) is 5.82. The molecule has 0 radical (unpaired) electrons. The van der Waals surface area contributed by atoms with E-state index in [0.29, 0.717) is 18.4 Å². The topological polar surface area (TPSA) is 71.3 Å². The molecule has 0 aromatic carbocycles. The van der Waals surface area contributed by atoms with Crippen molar-refractivity contribution in [2.24, 2.45) is 11.8 Å². The van der Waals surface area contributed by atoms with Crippen LogP contribution in [0.3, 0.4) is 0 Å². The number of thiophene rings is 1. The molecule has 1 atom stereocenters. The minimum absolute atomic E-state index is 0.0304. The fraction of sp³-hybridized carbons (Fsp3) is 0.667. The lowest BCUT2D eigenvalue weighted by Gasteiger charge is -2.33. The van der Waals surface area contributed by atoms with Gasteiger partial charge < -0.3 is 14.4 Å². The number of hydrogen-bond donors (Lipinski definition) is 0. The Kier molecular flexibility index (Phi) is 6.31. The third kappa shape index (κ3) is 4.47. The molecule has 1 saturated heterocycles. The van der Waals surface area contributed by atoms with Gasteiger partial charge in [-0.3, -0.25) is 9.59 Å². The molecule has 1 aliphatic carbocycles. The molecule has 8 heteroatoms. The van der Waals surface area contributed by atoms with Crippen LogP contribution in [0.2, 0.25) is 0 Å². The van der Waals surface area contributed by atoms with Gasteiger partial charge in [0.15, 0.2) is 0 Å². The predicted octanol–water partition coefficient (Wildman–Crippen LogP) is 3.57. The van der Waals surface area contributed by atoms with Crippen molar-refractivity contribution >= 4 is 23.2 Å². The average Bonchev–Trinajstić information content (AvgIpc) is 3.30. The molecule has 0 spiro atoms. The maximum absolute atomic E-state index is 13.3. The Bertz CT molecular complexity index is 944. The second kappa shape index (κ2) is 9.33. The Morgan fingerprint density at radius 1 is 1.16 bits per heavy atom. The summed E-state index contributed by atoms with van der Waals surface area (Å²) in [6, 6.07) is 1.90. The van der Waals surface area contributed by atoms with E-state index in [1.807, 2.05) is 21.7 Å². The fourth-order valence-electron chi connectivity index (χ4n) is 5.19. The van der Waals surface area contributed by atoms with E-state index in [2.05, 4.69) is 26.6 Å². The van der Waals surface area contributed by atoms with Gasteiger partial charge in [0.05, 0.1) is 11.5 Å². The van der Waals surface area contributed by atoms with Crippen molar-refractivity contribution in [1.29, 1.82) is 0 Å². The summed E-state index contributed by atoms with van der Waals surface area (Å²) in [4.78, 5) is 30.1. The summed E-state index contributed by atoms with van der Waals surface area (Å²) >= 11 is 1.56. The highest BCUT2D eigenvalue weighted by Gasteiger charge is 2.35. The maximum Gasteiger partial charge on any atom is 0.254 e. The summed E-state index contributed by atoms with van der Waals surface area (Å²) in [5.41, 5.74) is 0.789. The number of piperidine rings is 1. The zero-order valence-electron chi connectivity index (χ0n) is 18.9. The lowest BCUT2D eigenvalue weighted by molar-refractivity contribution is -0.137. The molecule has 2 aromatic heterocycles. The van der Waals surface area contributed by atoms with Crippen molar-refractivity contribution in [3.8, 4) is 0 Å². The van der Waals surface area contributed by atoms with Crippen LogP contribution in [0.15, 0.2) is 16.8 Å². The van der Waals surface area contributed by atoms with Crippen LogP contribution in [0.5, 0.6) is 0 Å². The van der Waals surface area contributed by atoms with Crippen LogP contribution in [0, 0.1) is 11.8 Å². The number of rotatable bonds is 7. The number of amides is 2. The van der Waals surface area contributed by atoms with Crippen molar-refractivity contribution in [3.63, 3.8) is 0 Å². The van der Waals surface area contributed by atoms with Crippen LogP contribution < -0.4 is 0 Å². The second-order valence-corrected chi connectivity index (χ2v) is 10.4. The number of hydrogen-bond acceptors (Lipinski definition) is 5. The lowest BCUT2D eigenvalue weighted by atomic mass is 9.93. The van der Waals surface area contributed by atoms with Crippen LogP contribution in [-0.4, -0.2) is 62.6 Å². The molecular formula is C24H33N5O2S. The first-order valence-corrected chi connectivity index (χ1v) is 13.1. The number of aryl methyl sites for hydroxylation is 1. The quantitative estimate of drug-likeness (QED) is 0.640. The highest BCUT2D eigenvalue weighted by atomic mass is 32.1. The molecule has 172 valence electrons. The minimum atomic E-state index is 0.0304. The summed E-state index contributed by atoms with van der Waals surface area (Å²) in [6.45, 7) is 6.14. The van der Waals surface area contributed by atoms with E-state index in [9.17, 15) is 9.59 Å². The van der Waals surface area contributed by atoms with Crippen molar-refractivity contribution in [2.75, 3.05) is 26.2 Å². The molecule has 0 bridgehead atoms. The van der Waals surface area contributed by atoms with E-state index in [4.69, 9.17) is 0 Å². The number of aromatic nitrogens is 3. The number of carbonyl (C=O) groups is 2. The zero-order valence-corrected chi connectivity index (χ0v) is 19.7. The van der Waals surface area contributed by atoms with Gasteiger partial charge in [0.25, 0.3) is 5.91 Å². The highest BCUT2D eigenvalue weighted by molar-refractivity contribution is 7.08. The van der Waals surface area contributed by atoms with Gasteiger partial charge in [0.1, 0.15) is 11.6 Å². The summed E-state index contributed by atoms with van der Waals surface area (Å²) in [5.74, 6) is 3.54. The van der Waals surface area contributed by atoms with E-state index in [1.54, 1.807) is 11.3 Å². The Morgan fingerprint density at radius 2 is 1.97 bits per heavy atom. The Morgan fingerprint density at radius 3 is 2.66 bits per heavy atom. The summed E-state index contributed by atoms with van der Waals surface area (Å²) in [6.07, 6.45) is 7.04. The van der Waals surface area contributed by atoms with Crippen LogP contribution in [0.4, 0.5) is 0 Å². The molecule has 2 fully saturated rings. The monoisotopic (exact) mass is 455 g/mol. The molecule has 2 aliphatic heterocycles. The van der Waals surface area contributed by atoms with Crippen LogP contribution in [-0.2, 0) is 17.8 Å². The summed E-state index contributed by atoms with van der Waals surface area (Å²) < 4.78 is 2.23. The first-order valence-electron chi connectivity index (χ1n) is 12.2. The lowest BCUT2D eigenvalue weighted by Crippen LogP contribution is -2.42. The van der Waals surface area contributed by atoms with Gasteiger partial charge >= 0.3 is 0 Å². The maximum atomic E-state index is 13.3. The smallest absolute Gasteiger partial charge is 0.254 e. The molecule has 0 unspecified atom stereocenters. The molecule has 32 heavy (non-hydrogen) atoms. The van der Waals surface area contributed by atoms with E-state index in [-0.39, 0.29) is 11.8 Å². The Balaban J connectivity index is 1.23. The minimum Gasteiger partial charge on any atom is -0.342 e. The molecular weight excluding hydrogens is 422 g/mol. The van der Waals surface area contributed by atoms with Gasteiger partial charge in [0.2, 0.25) is 5.91 Å². The van der Waals surface area contributed by atoms with Gasteiger partial charge in [-0.2, -0.15) is 11.3 Å². The highest BCUT2D eigenvalue weighted by Crippen LogP contribution is 2.33. The Labute approximate surface area is 193 Å². The van der Waals surface area contributed by atoms with Crippen molar-refractivity contribution in [3.05, 3.63) is 34.0 Å². The average molecular weight is 456 g/mol. The van der Waals surface area contributed by atoms with Crippen LogP contribution in [0.1, 0.15) is 73.4 Å². The van der Waals surface area contributed by atoms with Crippen LogP contribution in [0.25, 0.3) is 0 Å². The second-order valence-electron chi connectivity index (χ2n) is 9.63. The van der Waals surface area contributed by atoms with Gasteiger partial charge in [-0.05, 0) is 55.9 Å². The molecule has 5 rings (SSSR count). The predicted molar refractivity (Wildman–Crippen MR) is 124 cm³/mol.